The molecule has 0 bridgehead atoms. The number of rotatable bonds is 4. The molecular weight excluding hydrogens is 360 g/mol. The highest BCUT2D eigenvalue weighted by molar-refractivity contribution is 7.08. The van der Waals surface area contributed by atoms with E-state index in [4.69, 9.17) is 11.6 Å². The van der Waals surface area contributed by atoms with E-state index in [1.54, 1.807) is 0 Å². The van der Waals surface area contributed by atoms with Crippen LogP contribution in [0.1, 0.15) is 28.1 Å². The molecule has 1 saturated heterocycles. The lowest BCUT2D eigenvalue weighted by molar-refractivity contribution is 0.0949. The summed E-state index contributed by atoms with van der Waals surface area (Å²) in [4.78, 5) is 25.8. The number of piperidine rings is 1. The van der Waals surface area contributed by atoms with Crippen LogP contribution in [0.2, 0.25) is 5.02 Å². The van der Waals surface area contributed by atoms with Crippen molar-refractivity contribution in [2.24, 2.45) is 5.92 Å². The van der Waals surface area contributed by atoms with Gasteiger partial charge in [0.25, 0.3) is 11.5 Å². The Morgan fingerprint density at radius 1 is 1.40 bits per heavy atom. The molecule has 2 N–H and O–H groups in total. The Hall–Kier alpha value is -2.30. The highest BCUT2D eigenvalue weighted by Crippen LogP contribution is 2.26. The van der Waals surface area contributed by atoms with Crippen molar-refractivity contribution >= 4 is 34.7 Å². The fraction of sp³-hybridized carbons (Fsp3) is 0.353. The van der Waals surface area contributed by atoms with E-state index in [2.05, 4.69) is 20.7 Å². The average molecular weight is 377 g/mol. The van der Waals surface area contributed by atoms with E-state index in [-0.39, 0.29) is 15.8 Å². The van der Waals surface area contributed by atoms with Crippen LogP contribution in [0.5, 0.6) is 0 Å². The molecule has 2 aromatic rings. The van der Waals surface area contributed by atoms with Crippen molar-refractivity contribution in [1.82, 2.24) is 9.69 Å². The van der Waals surface area contributed by atoms with Crippen molar-refractivity contribution < 1.29 is 4.79 Å². The van der Waals surface area contributed by atoms with Gasteiger partial charge in [-0.15, -0.1) is 0 Å². The van der Waals surface area contributed by atoms with Gasteiger partial charge < -0.3 is 10.2 Å². The number of hydrogen-bond acceptors (Lipinski definition) is 5. The number of amides is 1. The third kappa shape index (κ3) is 3.86. The van der Waals surface area contributed by atoms with Crippen LogP contribution in [-0.2, 0) is 0 Å². The van der Waals surface area contributed by atoms with Crippen LogP contribution < -0.4 is 15.8 Å². The van der Waals surface area contributed by atoms with Crippen molar-refractivity contribution in [2.45, 2.75) is 12.8 Å². The van der Waals surface area contributed by atoms with Crippen LogP contribution >= 0.6 is 23.1 Å². The second-order valence-corrected chi connectivity index (χ2v) is 7.14. The molecule has 0 spiro atoms. The van der Waals surface area contributed by atoms with Gasteiger partial charge in [-0.05, 0) is 30.9 Å². The monoisotopic (exact) mass is 376 g/mol. The number of anilines is 1. The number of nitrogens with one attached hydrogen (secondary N) is 2. The van der Waals surface area contributed by atoms with E-state index in [0.717, 1.165) is 43.2 Å². The number of nitrogens with zero attached hydrogens (tertiary/aromatic N) is 2. The summed E-state index contributed by atoms with van der Waals surface area (Å²) in [6.07, 6.45) is 1.86. The molecule has 0 saturated carbocycles. The molecule has 0 aliphatic carbocycles. The summed E-state index contributed by atoms with van der Waals surface area (Å²) in [5, 5.41) is 12.0. The van der Waals surface area contributed by atoms with Gasteiger partial charge in [-0.25, -0.2) is 0 Å². The summed E-state index contributed by atoms with van der Waals surface area (Å²) in [7, 11) is 0. The Kier molecular flexibility index (Phi) is 5.41. The summed E-state index contributed by atoms with van der Waals surface area (Å²) in [6.45, 7) is 2.24. The first-order valence-electron chi connectivity index (χ1n) is 7.99. The minimum atomic E-state index is -0.429. The SMILES string of the molecule is N#Cc1ccccc1N1CCC(CNC(=O)c2s[nH]c(=O)c2Cl)CC1. The summed E-state index contributed by atoms with van der Waals surface area (Å²) >= 11 is 6.77. The molecule has 1 aromatic carbocycles. The molecule has 0 atom stereocenters. The molecule has 25 heavy (non-hydrogen) atoms. The summed E-state index contributed by atoms with van der Waals surface area (Å²) < 4.78 is 2.45. The van der Waals surface area contributed by atoms with Crippen molar-refractivity contribution in [2.75, 3.05) is 24.5 Å². The number of carbonyl (C=O) groups is 1. The number of nitriles is 1. The van der Waals surface area contributed by atoms with E-state index in [0.29, 0.717) is 18.0 Å². The lowest BCUT2D eigenvalue weighted by atomic mass is 9.96. The molecule has 2 heterocycles. The van der Waals surface area contributed by atoms with Crippen LogP contribution in [-0.4, -0.2) is 29.9 Å². The Morgan fingerprint density at radius 2 is 2.12 bits per heavy atom. The molecule has 1 aliphatic rings. The van der Waals surface area contributed by atoms with Gasteiger partial charge in [-0.2, -0.15) is 5.26 Å². The zero-order valence-corrected chi connectivity index (χ0v) is 15.0. The second-order valence-electron chi connectivity index (χ2n) is 5.95. The fourth-order valence-corrected chi connectivity index (χ4v) is 3.92. The maximum Gasteiger partial charge on any atom is 0.277 e. The Balaban J connectivity index is 1.53. The molecule has 1 aromatic heterocycles. The maximum absolute atomic E-state index is 12.1. The number of aromatic amines is 1. The predicted molar refractivity (Wildman–Crippen MR) is 98.4 cm³/mol. The van der Waals surface area contributed by atoms with E-state index in [1.165, 1.54) is 0 Å². The van der Waals surface area contributed by atoms with Crippen LogP contribution in [0.3, 0.4) is 0 Å². The standard InChI is InChI=1S/C17H17ClN4O2S/c18-14-15(25-21-16(14)23)17(24)20-10-11-5-7-22(8-6-11)13-4-2-1-3-12(13)9-19/h1-4,11H,5-8,10H2,(H,20,24)(H,21,23). The average Bonchev–Trinajstić information content (AvgIpc) is 2.99. The van der Waals surface area contributed by atoms with Crippen LogP contribution in [0.4, 0.5) is 5.69 Å². The molecule has 1 aliphatic heterocycles. The van der Waals surface area contributed by atoms with Crippen molar-refractivity contribution in [1.29, 1.82) is 5.26 Å². The summed E-state index contributed by atoms with van der Waals surface area (Å²) in [6, 6.07) is 9.83. The number of benzene rings is 1. The first kappa shape index (κ1) is 17.5. The third-order valence-electron chi connectivity index (χ3n) is 4.38. The van der Waals surface area contributed by atoms with Crippen molar-refractivity contribution in [3.63, 3.8) is 0 Å². The third-order valence-corrected chi connectivity index (χ3v) is 5.74. The van der Waals surface area contributed by atoms with Gasteiger partial charge in [0.05, 0.1) is 11.3 Å². The number of para-hydroxylation sites is 1. The second kappa shape index (κ2) is 7.72. The normalized spacial score (nSPS) is 15.0. The van der Waals surface area contributed by atoms with Gasteiger partial charge >= 0.3 is 0 Å². The first-order valence-corrected chi connectivity index (χ1v) is 9.19. The number of H-pyrrole nitrogens is 1. The zero-order chi connectivity index (χ0) is 17.8. The fourth-order valence-electron chi connectivity index (χ4n) is 2.98. The Morgan fingerprint density at radius 3 is 2.76 bits per heavy atom. The van der Waals surface area contributed by atoms with Crippen LogP contribution in [0, 0.1) is 17.2 Å². The molecule has 6 nitrogen and oxygen atoms in total. The highest BCUT2D eigenvalue weighted by atomic mass is 35.5. The predicted octanol–water partition coefficient (Wildman–Crippen LogP) is 2.61. The number of hydrogen-bond donors (Lipinski definition) is 2. The molecule has 0 unspecified atom stereocenters. The van der Waals surface area contributed by atoms with Gasteiger partial charge in [-0.3, -0.25) is 14.0 Å². The molecule has 1 fully saturated rings. The molecule has 0 radical (unpaired) electrons. The zero-order valence-electron chi connectivity index (χ0n) is 13.4. The van der Waals surface area contributed by atoms with E-state index in [1.807, 2.05) is 24.3 Å². The quantitative estimate of drug-likeness (QED) is 0.858. The van der Waals surface area contributed by atoms with Gasteiger partial charge in [0.1, 0.15) is 16.0 Å². The summed E-state index contributed by atoms with van der Waals surface area (Å²) in [5.41, 5.74) is 1.23. The van der Waals surface area contributed by atoms with Crippen molar-refractivity contribution in [3.05, 3.63) is 50.1 Å². The Bertz CT molecular complexity index is 862. The smallest absolute Gasteiger partial charge is 0.277 e. The number of aromatic nitrogens is 1. The minimum Gasteiger partial charge on any atom is -0.370 e. The van der Waals surface area contributed by atoms with Gasteiger partial charge in [-0.1, -0.05) is 35.3 Å². The summed E-state index contributed by atoms with van der Waals surface area (Å²) in [5.74, 6) is 0.0505. The largest absolute Gasteiger partial charge is 0.370 e. The lowest BCUT2D eigenvalue weighted by Gasteiger charge is -2.34. The molecule has 3 rings (SSSR count). The van der Waals surface area contributed by atoms with Crippen LogP contribution in [0.15, 0.2) is 29.1 Å². The molecule has 8 heteroatoms. The molecule has 1 amide bonds. The lowest BCUT2D eigenvalue weighted by Crippen LogP contribution is -2.39. The van der Waals surface area contributed by atoms with Crippen LogP contribution in [0.25, 0.3) is 0 Å². The Labute approximate surface area is 154 Å². The van der Waals surface area contributed by atoms with E-state index >= 15 is 0 Å². The van der Waals surface area contributed by atoms with Crippen molar-refractivity contribution in [3.8, 4) is 6.07 Å². The first-order chi connectivity index (χ1) is 12.1. The van der Waals surface area contributed by atoms with E-state index in [9.17, 15) is 14.9 Å². The highest BCUT2D eigenvalue weighted by Gasteiger charge is 2.22. The maximum atomic E-state index is 12.1. The van der Waals surface area contributed by atoms with Gasteiger partial charge in [0.15, 0.2) is 0 Å². The van der Waals surface area contributed by atoms with Gasteiger partial charge in [0.2, 0.25) is 0 Å². The molecule has 130 valence electrons. The van der Waals surface area contributed by atoms with Gasteiger partial charge in [0, 0.05) is 19.6 Å². The minimum absolute atomic E-state index is 0.0505. The topological polar surface area (TPSA) is 89.0 Å². The number of halogens is 1. The van der Waals surface area contributed by atoms with E-state index < -0.39 is 5.56 Å². The number of carbonyl (C=O) groups excluding carboxylic acids is 1. The molecular formula is C17H17ClN4O2S.